The zero-order valence-electron chi connectivity index (χ0n) is 12.4. The lowest BCUT2D eigenvalue weighted by Crippen LogP contribution is -2.12. The highest BCUT2D eigenvalue weighted by molar-refractivity contribution is 7.99. The van der Waals surface area contributed by atoms with Crippen molar-refractivity contribution in [3.63, 3.8) is 0 Å². The summed E-state index contributed by atoms with van der Waals surface area (Å²) in [6.07, 6.45) is 1.57. The second kappa shape index (κ2) is 6.20. The summed E-state index contributed by atoms with van der Waals surface area (Å²) in [4.78, 5) is 18.5. The topological polar surface area (TPSA) is 38.7 Å². The Morgan fingerprint density at radius 1 is 1.05 bits per heavy atom. The van der Waals surface area contributed by atoms with Crippen molar-refractivity contribution in [1.29, 1.82) is 0 Å². The highest BCUT2D eigenvalue weighted by Crippen LogP contribution is 2.46. The number of hydrogen-bond donors (Lipinski definition) is 0. The summed E-state index contributed by atoms with van der Waals surface area (Å²) in [7, 11) is 3.04. The van der Waals surface area contributed by atoms with Crippen LogP contribution in [0.25, 0.3) is 5.57 Å². The van der Waals surface area contributed by atoms with Gasteiger partial charge in [0.05, 0.1) is 12.7 Å². The number of hydrogen-bond acceptors (Lipinski definition) is 4. The molecular weight excluding hydrogens is 294 g/mol. The van der Waals surface area contributed by atoms with Crippen molar-refractivity contribution in [3.05, 3.63) is 65.2 Å². The highest BCUT2D eigenvalue weighted by Gasteiger charge is 2.25. The van der Waals surface area contributed by atoms with Crippen LogP contribution in [-0.4, -0.2) is 26.3 Å². The maximum Gasteiger partial charge on any atom is 0.340 e. The van der Waals surface area contributed by atoms with E-state index >= 15 is 0 Å². The third kappa shape index (κ3) is 2.46. The van der Waals surface area contributed by atoms with Gasteiger partial charge >= 0.3 is 5.97 Å². The normalized spacial score (nSPS) is 12.7. The van der Waals surface area contributed by atoms with Crippen LogP contribution >= 0.6 is 11.8 Å². The second-order valence-electron chi connectivity index (χ2n) is 4.76. The Morgan fingerprint density at radius 2 is 1.59 bits per heavy atom. The minimum absolute atomic E-state index is 0.378. The number of nitrogens with zero attached hydrogens (tertiary/aromatic N) is 1. The maximum atomic E-state index is 12.2. The van der Waals surface area contributed by atoms with Crippen molar-refractivity contribution >= 4 is 29.5 Å². The number of methoxy groups -OCH3 is 1. The highest BCUT2D eigenvalue weighted by atomic mass is 32.2. The Labute approximate surface area is 133 Å². The van der Waals surface area contributed by atoms with Gasteiger partial charge in [-0.2, -0.15) is 0 Å². The first-order chi connectivity index (χ1) is 10.8. The van der Waals surface area contributed by atoms with E-state index in [-0.39, 0.29) is 5.97 Å². The summed E-state index contributed by atoms with van der Waals surface area (Å²) < 4.78 is 4.95. The van der Waals surface area contributed by atoms with Gasteiger partial charge in [-0.05, 0) is 23.3 Å². The molecule has 0 fully saturated rings. The minimum atomic E-state index is -0.378. The van der Waals surface area contributed by atoms with Gasteiger partial charge in [0.2, 0.25) is 0 Å². The number of rotatable bonds is 2. The quantitative estimate of drug-likeness (QED) is 0.410. The van der Waals surface area contributed by atoms with Gasteiger partial charge in [0, 0.05) is 28.6 Å². The third-order valence-electron chi connectivity index (χ3n) is 3.47. The average molecular weight is 309 g/mol. The molecule has 0 unspecified atom stereocenters. The molecule has 4 heteroatoms. The molecule has 1 aliphatic rings. The lowest BCUT2D eigenvalue weighted by molar-refractivity contribution is -0.135. The molecule has 0 aromatic heterocycles. The number of esters is 1. The van der Waals surface area contributed by atoms with Crippen LogP contribution in [0.2, 0.25) is 0 Å². The van der Waals surface area contributed by atoms with E-state index in [9.17, 15) is 4.79 Å². The van der Waals surface area contributed by atoms with Gasteiger partial charge in [-0.3, -0.25) is 4.99 Å². The second-order valence-corrected chi connectivity index (χ2v) is 5.85. The standard InChI is InChI=1S/C18H15NO2S/c1-19-11-14(18(20)21-2)17-12-7-3-5-9-15(12)22-16-10-6-4-8-13(16)17/h3-11H,1-2H3. The van der Waals surface area contributed by atoms with E-state index in [0.29, 0.717) is 5.57 Å². The molecule has 2 aromatic rings. The van der Waals surface area contributed by atoms with Crippen LogP contribution in [0.3, 0.4) is 0 Å². The van der Waals surface area contributed by atoms with Gasteiger partial charge in [0.25, 0.3) is 0 Å². The Morgan fingerprint density at radius 3 is 2.09 bits per heavy atom. The molecule has 0 bridgehead atoms. The van der Waals surface area contributed by atoms with Crippen LogP contribution in [0.1, 0.15) is 11.1 Å². The summed E-state index contributed by atoms with van der Waals surface area (Å²) in [5.41, 5.74) is 3.42. The first kappa shape index (κ1) is 14.6. The predicted molar refractivity (Wildman–Crippen MR) is 89.5 cm³/mol. The molecule has 0 N–H and O–H groups in total. The van der Waals surface area contributed by atoms with Crippen molar-refractivity contribution in [3.8, 4) is 0 Å². The van der Waals surface area contributed by atoms with Crippen LogP contribution < -0.4 is 0 Å². The average Bonchev–Trinajstić information content (AvgIpc) is 2.57. The van der Waals surface area contributed by atoms with Crippen LogP contribution in [0.4, 0.5) is 0 Å². The molecule has 0 spiro atoms. The number of fused-ring (bicyclic) bond motifs is 2. The van der Waals surface area contributed by atoms with Crippen molar-refractivity contribution in [2.45, 2.75) is 9.79 Å². The Kier molecular flexibility index (Phi) is 4.11. The summed E-state index contributed by atoms with van der Waals surface area (Å²) >= 11 is 1.71. The van der Waals surface area contributed by atoms with E-state index in [2.05, 4.69) is 17.1 Å². The molecule has 2 aromatic carbocycles. The third-order valence-corrected chi connectivity index (χ3v) is 4.62. The van der Waals surface area contributed by atoms with Crippen LogP contribution in [0.15, 0.2) is 68.9 Å². The van der Waals surface area contributed by atoms with Crippen molar-refractivity contribution in [1.82, 2.24) is 0 Å². The Balaban J connectivity index is 2.36. The first-order valence-corrected chi connectivity index (χ1v) is 7.69. The first-order valence-electron chi connectivity index (χ1n) is 6.87. The molecule has 0 atom stereocenters. The fourth-order valence-electron chi connectivity index (χ4n) is 2.54. The van der Waals surface area contributed by atoms with Crippen molar-refractivity contribution in [2.75, 3.05) is 14.2 Å². The van der Waals surface area contributed by atoms with Gasteiger partial charge < -0.3 is 4.74 Å². The van der Waals surface area contributed by atoms with Crippen LogP contribution in [-0.2, 0) is 9.53 Å². The minimum Gasteiger partial charge on any atom is -0.465 e. The fraction of sp³-hybridized carbons (Fsp3) is 0.111. The molecule has 3 nitrogen and oxygen atoms in total. The summed E-state index contributed by atoms with van der Waals surface area (Å²) in [6.45, 7) is 0. The number of aliphatic imine (C=N–C) groups is 1. The smallest absolute Gasteiger partial charge is 0.340 e. The molecule has 1 aliphatic heterocycles. The van der Waals surface area contributed by atoms with Crippen molar-refractivity contribution in [2.24, 2.45) is 4.99 Å². The van der Waals surface area contributed by atoms with Gasteiger partial charge in [0.15, 0.2) is 0 Å². The lowest BCUT2D eigenvalue weighted by Gasteiger charge is -2.23. The SMILES string of the molecule is CN=CC(C(=O)OC)=C1c2ccccc2Sc2ccccc21. The maximum absolute atomic E-state index is 12.2. The number of carbonyl (C=O) groups excluding carboxylic acids is 1. The molecule has 1 heterocycles. The number of benzene rings is 2. The van der Waals surface area contributed by atoms with Crippen LogP contribution in [0, 0.1) is 0 Å². The van der Waals surface area contributed by atoms with Crippen molar-refractivity contribution < 1.29 is 9.53 Å². The molecule has 22 heavy (non-hydrogen) atoms. The number of carbonyl (C=O) groups is 1. The summed E-state index contributed by atoms with van der Waals surface area (Å²) in [6, 6.07) is 16.1. The van der Waals surface area contributed by atoms with E-state index in [1.165, 1.54) is 7.11 Å². The van der Waals surface area contributed by atoms with E-state index in [4.69, 9.17) is 4.74 Å². The Hall–Kier alpha value is -2.33. The van der Waals surface area contributed by atoms with E-state index in [1.54, 1.807) is 25.0 Å². The monoisotopic (exact) mass is 309 g/mol. The predicted octanol–water partition coefficient (Wildman–Crippen LogP) is 3.83. The van der Waals surface area contributed by atoms with Gasteiger partial charge in [-0.1, -0.05) is 48.2 Å². The summed E-state index contributed by atoms with van der Waals surface area (Å²) in [5, 5.41) is 0. The van der Waals surface area contributed by atoms with E-state index in [0.717, 1.165) is 26.5 Å². The zero-order chi connectivity index (χ0) is 15.5. The molecular formula is C18H15NO2S. The molecule has 0 amide bonds. The Bertz CT molecular complexity index is 746. The molecule has 3 rings (SSSR count). The van der Waals surface area contributed by atoms with E-state index < -0.39 is 0 Å². The lowest BCUT2D eigenvalue weighted by atomic mass is 9.92. The van der Waals surface area contributed by atoms with Gasteiger partial charge in [0.1, 0.15) is 0 Å². The fourth-order valence-corrected chi connectivity index (χ4v) is 3.63. The molecule has 110 valence electrons. The van der Waals surface area contributed by atoms with Gasteiger partial charge in [-0.25, -0.2) is 4.79 Å². The molecule has 0 radical (unpaired) electrons. The van der Waals surface area contributed by atoms with Gasteiger partial charge in [-0.15, -0.1) is 0 Å². The number of ether oxygens (including phenoxy) is 1. The largest absolute Gasteiger partial charge is 0.465 e. The molecule has 0 saturated carbocycles. The van der Waals surface area contributed by atoms with Crippen LogP contribution in [0.5, 0.6) is 0 Å². The molecule has 0 saturated heterocycles. The molecule has 0 aliphatic carbocycles. The summed E-state index contributed by atoms with van der Waals surface area (Å²) in [5.74, 6) is -0.378. The van der Waals surface area contributed by atoms with E-state index in [1.807, 2.05) is 36.4 Å². The zero-order valence-corrected chi connectivity index (χ0v) is 13.2.